The van der Waals surface area contributed by atoms with Crippen LogP contribution >= 0.6 is 27.3 Å². The van der Waals surface area contributed by atoms with E-state index < -0.39 is 0 Å². The van der Waals surface area contributed by atoms with Gasteiger partial charge in [-0.3, -0.25) is 4.79 Å². The van der Waals surface area contributed by atoms with Crippen molar-refractivity contribution in [2.45, 2.75) is 38.3 Å². The molecule has 2 aromatic heterocycles. The van der Waals surface area contributed by atoms with E-state index in [1.165, 1.54) is 0 Å². The van der Waals surface area contributed by atoms with Gasteiger partial charge in [-0.05, 0) is 42.0 Å². The summed E-state index contributed by atoms with van der Waals surface area (Å²) in [5, 5.41) is 12.1. The van der Waals surface area contributed by atoms with Crippen molar-refractivity contribution in [3.8, 4) is 11.5 Å². The molecule has 1 aliphatic carbocycles. The third-order valence-electron chi connectivity index (χ3n) is 4.34. The highest BCUT2D eigenvalue weighted by Crippen LogP contribution is 2.30. The third kappa shape index (κ3) is 4.22. The summed E-state index contributed by atoms with van der Waals surface area (Å²) in [6.45, 7) is 0.646. The van der Waals surface area contributed by atoms with E-state index in [-0.39, 0.29) is 5.91 Å². The molecule has 0 saturated heterocycles. The lowest BCUT2D eigenvalue weighted by molar-refractivity contribution is -0.132. The fourth-order valence-electron chi connectivity index (χ4n) is 2.85. The van der Waals surface area contributed by atoms with Gasteiger partial charge in [-0.15, -0.1) is 10.2 Å². The van der Waals surface area contributed by atoms with Gasteiger partial charge in [0.1, 0.15) is 0 Å². The standard InChI is InChI=1S/C19H18BrN3O2S/c20-15-3-1-2-13(10-15)11-23(16-4-5-16)18(24)7-6-17-21-22-19(25-17)14-8-9-26-12-14/h1-3,8-10,12,16H,4-7,11H2. The van der Waals surface area contributed by atoms with Crippen LogP contribution in [0.25, 0.3) is 11.5 Å². The molecule has 0 radical (unpaired) electrons. The van der Waals surface area contributed by atoms with Crippen molar-refractivity contribution < 1.29 is 9.21 Å². The van der Waals surface area contributed by atoms with Crippen LogP contribution in [0.4, 0.5) is 0 Å². The summed E-state index contributed by atoms with van der Waals surface area (Å²) < 4.78 is 6.71. The van der Waals surface area contributed by atoms with Crippen molar-refractivity contribution >= 4 is 33.2 Å². The number of aromatic nitrogens is 2. The minimum Gasteiger partial charge on any atom is -0.421 e. The van der Waals surface area contributed by atoms with Crippen LogP contribution in [0.15, 0.2) is 50.0 Å². The fourth-order valence-corrected chi connectivity index (χ4v) is 3.93. The molecule has 26 heavy (non-hydrogen) atoms. The van der Waals surface area contributed by atoms with Gasteiger partial charge in [0.15, 0.2) is 0 Å². The molecule has 0 N–H and O–H groups in total. The van der Waals surface area contributed by atoms with Crippen LogP contribution in [0.3, 0.4) is 0 Å². The minimum atomic E-state index is 0.141. The number of carbonyl (C=O) groups excluding carboxylic acids is 1. The van der Waals surface area contributed by atoms with E-state index in [1.54, 1.807) is 11.3 Å². The molecule has 0 atom stereocenters. The summed E-state index contributed by atoms with van der Waals surface area (Å²) in [4.78, 5) is 14.7. The number of nitrogens with zero attached hydrogens (tertiary/aromatic N) is 3. The predicted octanol–water partition coefficient (Wildman–Crippen LogP) is 4.68. The molecule has 0 aliphatic heterocycles. The van der Waals surface area contributed by atoms with Crippen LogP contribution < -0.4 is 0 Å². The maximum Gasteiger partial charge on any atom is 0.248 e. The van der Waals surface area contributed by atoms with Crippen LogP contribution in [0.5, 0.6) is 0 Å². The van der Waals surface area contributed by atoms with Crippen LogP contribution in [0.1, 0.15) is 30.7 Å². The van der Waals surface area contributed by atoms with Crippen LogP contribution in [0, 0.1) is 0 Å². The van der Waals surface area contributed by atoms with Gasteiger partial charge in [-0.25, -0.2) is 0 Å². The highest BCUT2D eigenvalue weighted by molar-refractivity contribution is 9.10. The molecule has 1 aliphatic rings. The molecule has 134 valence electrons. The van der Waals surface area contributed by atoms with Crippen LogP contribution in [-0.4, -0.2) is 27.0 Å². The molecule has 0 unspecified atom stereocenters. The van der Waals surface area contributed by atoms with Crippen molar-refractivity contribution in [2.24, 2.45) is 0 Å². The Kier molecular flexibility index (Phi) is 5.17. The quantitative estimate of drug-likeness (QED) is 0.544. The maximum absolute atomic E-state index is 12.7. The Morgan fingerprint density at radius 2 is 2.19 bits per heavy atom. The van der Waals surface area contributed by atoms with Crippen molar-refractivity contribution in [2.75, 3.05) is 0 Å². The number of aryl methyl sites for hydroxylation is 1. The molecule has 4 rings (SSSR count). The van der Waals surface area contributed by atoms with E-state index in [0.29, 0.717) is 37.2 Å². The molecule has 0 bridgehead atoms. The normalized spacial score (nSPS) is 13.7. The van der Waals surface area contributed by atoms with Gasteiger partial charge in [0, 0.05) is 40.8 Å². The van der Waals surface area contributed by atoms with Gasteiger partial charge < -0.3 is 9.32 Å². The number of carbonyl (C=O) groups is 1. The SMILES string of the molecule is O=C(CCc1nnc(-c2ccsc2)o1)N(Cc1cccc(Br)c1)C1CC1. The highest BCUT2D eigenvalue weighted by Gasteiger charge is 2.32. The van der Waals surface area contributed by atoms with Crippen molar-refractivity contribution in [1.29, 1.82) is 0 Å². The zero-order valence-corrected chi connectivity index (χ0v) is 16.5. The molecule has 3 aromatic rings. The summed E-state index contributed by atoms with van der Waals surface area (Å²) in [5.74, 6) is 1.17. The van der Waals surface area contributed by atoms with Gasteiger partial charge in [-0.2, -0.15) is 11.3 Å². The first kappa shape index (κ1) is 17.4. The Morgan fingerprint density at radius 1 is 1.31 bits per heavy atom. The molecular weight excluding hydrogens is 414 g/mol. The molecule has 1 aromatic carbocycles. The van der Waals surface area contributed by atoms with E-state index in [9.17, 15) is 4.79 Å². The first-order chi connectivity index (χ1) is 12.7. The van der Waals surface area contributed by atoms with E-state index in [2.05, 4.69) is 38.3 Å². The molecule has 1 amide bonds. The van der Waals surface area contributed by atoms with Gasteiger partial charge in [-0.1, -0.05) is 28.1 Å². The van der Waals surface area contributed by atoms with Crippen molar-refractivity contribution in [1.82, 2.24) is 15.1 Å². The number of benzene rings is 1. The first-order valence-corrected chi connectivity index (χ1v) is 10.3. The average molecular weight is 432 g/mol. The van der Waals surface area contributed by atoms with E-state index in [1.807, 2.05) is 33.9 Å². The number of halogens is 1. The summed E-state index contributed by atoms with van der Waals surface area (Å²) in [6.07, 6.45) is 3.03. The summed E-state index contributed by atoms with van der Waals surface area (Å²) >= 11 is 5.08. The smallest absolute Gasteiger partial charge is 0.248 e. The summed E-state index contributed by atoms with van der Waals surface area (Å²) in [5.41, 5.74) is 2.06. The molecule has 1 saturated carbocycles. The van der Waals surface area contributed by atoms with Crippen molar-refractivity contribution in [3.63, 3.8) is 0 Å². The Hall–Kier alpha value is -1.99. The molecule has 5 nitrogen and oxygen atoms in total. The molecule has 0 spiro atoms. The Morgan fingerprint density at radius 3 is 2.92 bits per heavy atom. The second-order valence-electron chi connectivity index (χ2n) is 6.40. The lowest BCUT2D eigenvalue weighted by Gasteiger charge is -2.22. The van der Waals surface area contributed by atoms with Crippen LogP contribution in [0.2, 0.25) is 0 Å². The number of hydrogen-bond donors (Lipinski definition) is 0. The first-order valence-electron chi connectivity index (χ1n) is 8.58. The Bertz CT molecular complexity index is 890. The monoisotopic (exact) mass is 431 g/mol. The largest absolute Gasteiger partial charge is 0.421 e. The Balaban J connectivity index is 1.38. The highest BCUT2D eigenvalue weighted by atomic mass is 79.9. The fraction of sp³-hybridized carbons (Fsp3) is 0.316. The number of hydrogen-bond acceptors (Lipinski definition) is 5. The minimum absolute atomic E-state index is 0.141. The van der Waals surface area contributed by atoms with Gasteiger partial charge >= 0.3 is 0 Å². The molecule has 1 fully saturated rings. The molecule has 2 heterocycles. The van der Waals surface area contributed by atoms with E-state index >= 15 is 0 Å². The average Bonchev–Trinajstić information content (AvgIpc) is 3.12. The number of rotatable bonds is 7. The lowest BCUT2D eigenvalue weighted by atomic mass is 10.2. The third-order valence-corrected chi connectivity index (χ3v) is 5.51. The number of amides is 1. The second-order valence-corrected chi connectivity index (χ2v) is 8.09. The number of thiophene rings is 1. The van der Waals surface area contributed by atoms with Gasteiger partial charge in [0.2, 0.25) is 17.7 Å². The maximum atomic E-state index is 12.7. The zero-order valence-electron chi connectivity index (χ0n) is 14.1. The summed E-state index contributed by atoms with van der Waals surface area (Å²) in [7, 11) is 0. The van der Waals surface area contributed by atoms with E-state index in [0.717, 1.165) is 28.4 Å². The summed E-state index contributed by atoms with van der Waals surface area (Å²) in [6, 6.07) is 10.4. The predicted molar refractivity (Wildman–Crippen MR) is 104 cm³/mol. The Labute approximate surface area is 164 Å². The van der Waals surface area contributed by atoms with E-state index in [4.69, 9.17) is 4.42 Å². The second kappa shape index (κ2) is 7.72. The molecular formula is C19H18BrN3O2S. The topological polar surface area (TPSA) is 59.2 Å². The molecule has 7 heteroatoms. The van der Waals surface area contributed by atoms with Gasteiger partial charge in [0.25, 0.3) is 0 Å². The zero-order chi connectivity index (χ0) is 17.9. The van der Waals surface area contributed by atoms with Gasteiger partial charge in [0.05, 0.1) is 0 Å². The van der Waals surface area contributed by atoms with Crippen LogP contribution in [-0.2, 0) is 17.8 Å². The lowest BCUT2D eigenvalue weighted by Crippen LogP contribution is -2.32. The van der Waals surface area contributed by atoms with Crippen molar-refractivity contribution in [3.05, 3.63) is 57.0 Å².